The van der Waals surface area contributed by atoms with Gasteiger partial charge in [0.1, 0.15) is 5.60 Å². The maximum atomic E-state index is 12.1. The number of hydrogen-bond acceptors (Lipinski definition) is 3. The van der Waals surface area contributed by atoms with Crippen LogP contribution in [0.1, 0.15) is 38.1 Å². The van der Waals surface area contributed by atoms with Gasteiger partial charge >= 0.3 is 6.09 Å². The van der Waals surface area contributed by atoms with Gasteiger partial charge in [-0.3, -0.25) is 10.1 Å². The molecule has 0 bridgehead atoms. The van der Waals surface area contributed by atoms with Crippen LogP contribution in [-0.4, -0.2) is 17.5 Å². The molecule has 2 aromatic rings. The van der Waals surface area contributed by atoms with Gasteiger partial charge in [0.05, 0.1) is 5.69 Å². The SMILES string of the molecule is CC(=O)c1c(NC(=O)OC(C)(C)C)cccc1-c1ccccc1. The van der Waals surface area contributed by atoms with E-state index in [9.17, 15) is 9.59 Å². The maximum absolute atomic E-state index is 12.1. The number of ether oxygens (including phenoxy) is 1. The third-order valence-electron chi connectivity index (χ3n) is 3.14. The molecule has 0 spiro atoms. The van der Waals surface area contributed by atoms with E-state index in [2.05, 4.69) is 5.32 Å². The van der Waals surface area contributed by atoms with E-state index in [-0.39, 0.29) is 5.78 Å². The average Bonchev–Trinajstić information content (AvgIpc) is 2.45. The van der Waals surface area contributed by atoms with E-state index < -0.39 is 11.7 Å². The number of nitrogens with one attached hydrogen (secondary N) is 1. The first-order chi connectivity index (χ1) is 10.8. The second-order valence-corrected chi connectivity index (χ2v) is 6.28. The standard InChI is InChI=1S/C19H21NO3/c1-13(21)17-15(14-9-6-5-7-10-14)11-8-12-16(17)20-18(22)23-19(2,3)4/h5-12H,1-4H3,(H,20,22). The van der Waals surface area contributed by atoms with Gasteiger partial charge in [0.15, 0.2) is 5.78 Å². The van der Waals surface area contributed by atoms with Gasteiger partial charge in [-0.05, 0) is 44.9 Å². The summed E-state index contributed by atoms with van der Waals surface area (Å²) in [7, 11) is 0. The van der Waals surface area contributed by atoms with E-state index in [0.29, 0.717) is 11.3 Å². The number of carbonyl (C=O) groups excluding carboxylic acids is 2. The molecule has 0 aromatic heterocycles. The molecule has 23 heavy (non-hydrogen) atoms. The minimum atomic E-state index is -0.600. The van der Waals surface area contributed by atoms with E-state index >= 15 is 0 Å². The molecule has 0 fully saturated rings. The van der Waals surface area contributed by atoms with E-state index in [1.165, 1.54) is 6.92 Å². The Hall–Kier alpha value is -2.62. The third kappa shape index (κ3) is 4.42. The first-order valence-corrected chi connectivity index (χ1v) is 7.47. The van der Waals surface area contributed by atoms with Crippen LogP contribution in [0.5, 0.6) is 0 Å². The number of amides is 1. The molecule has 2 aromatic carbocycles. The van der Waals surface area contributed by atoms with Crippen molar-refractivity contribution >= 4 is 17.6 Å². The Morgan fingerprint density at radius 1 is 0.957 bits per heavy atom. The Balaban J connectivity index is 2.41. The van der Waals surface area contributed by atoms with Crippen LogP contribution in [0.2, 0.25) is 0 Å². The lowest BCUT2D eigenvalue weighted by molar-refractivity contribution is 0.0636. The highest BCUT2D eigenvalue weighted by molar-refractivity contribution is 6.08. The summed E-state index contributed by atoms with van der Waals surface area (Å²) in [5.41, 5.74) is 2.03. The Kier molecular flexibility index (Phi) is 4.84. The number of Topliss-reactive ketones (excluding diaryl/α,β-unsaturated/α-hetero) is 1. The van der Waals surface area contributed by atoms with Gasteiger partial charge in [-0.2, -0.15) is 0 Å². The summed E-state index contributed by atoms with van der Waals surface area (Å²) in [5.74, 6) is -0.115. The lowest BCUT2D eigenvalue weighted by Gasteiger charge is -2.21. The van der Waals surface area contributed by atoms with Gasteiger partial charge in [0, 0.05) is 5.56 Å². The van der Waals surface area contributed by atoms with Crippen molar-refractivity contribution in [2.75, 3.05) is 5.32 Å². The Bertz CT molecular complexity index is 715. The largest absolute Gasteiger partial charge is 0.444 e. The van der Waals surface area contributed by atoms with Gasteiger partial charge < -0.3 is 4.74 Å². The summed E-state index contributed by atoms with van der Waals surface area (Å²) in [5, 5.41) is 2.68. The van der Waals surface area contributed by atoms with Gasteiger partial charge in [0.2, 0.25) is 0 Å². The van der Waals surface area contributed by atoms with Crippen LogP contribution in [-0.2, 0) is 4.74 Å². The smallest absolute Gasteiger partial charge is 0.412 e. The van der Waals surface area contributed by atoms with Crippen LogP contribution in [0.3, 0.4) is 0 Å². The summed E-state index contributed by atoms with van der Waals surface area (Å²) in [6.07, 6.45) is -0.579. The molecule has 0 aliphatic heterocycles. The molecule has 4 nitrogen and oxygen atoms in total. The molecule has 0 aliphatic rings. The van der Waals surface area contributed by atoms with Gasteiger partial charge in [-0.25, -0.2) is 4.79 Å². The second kappa shape index (κ2) is 6.65. The fourth-order valence-corrected chi connectivity index (χ4v) is 2.31. The summed E-state index contributed by atoms with van der Waals surface area (Å²) in [4.78, 5) is 24.1. The third-order valence-corrected chi connectivity index (χ3v) is 3.14. The average molecular weight is 311 g/mol. The summed E-state index contributed by atoms with van der Waals surface area (Å²) in [6, 6.07) is 15.0. The molecule has 0 unspecified atom stereocenters. The van der Waals surface area contributed by atoms with E-state index in [1.807, 2.05) is 42.5 Å². The molecular weight excluding hydrogens is 290 g/mol. The molecule has 4 heteroatoms. The molecule has 0 atom stereocenters. The van der Waals surface area contributed by atoms with Crippen molar-refractivity contribution in [3.8, 4) is 11.1 Å². The van der Waals surface area contributed by atoms with Crippen molar-refractivity contribution in [2.45, 2.75) is 33.3 Å². The van der Waals surface area contributed by atoms with Crippen LogP contribution >= 0.6 is 0 Å². The zero-order valence-corrected chi connectivity index (χ0v) is 13.8. The minimum Gasteiger partial charge on any atom is -0.444 e. The van der Waals surface area contributed by atoms with Crippen LogP contribution in [0.25, 0.3) is 11.1 Å². The number of carbonyl (C=O) groups is 2. The zero-order valence-electron chi connectivity index (χ0n) is 13.8. The fourth-order valence-electron chi connectivity index (χ4n) is 2.31. The molecular formula is C19H21NO3. The van der Waals surface area contributed by atoms with Crippen molar-refractivity contribution in [3.63, 3.8) is 0 Å². The summed E-state index contributed by atoms with van der Waals surface area (Å²) < 4.78 is 5.26. The van der Waals surface area contributed by atoms with Crippen molar-refractivity contribution < 1.29 is 14.3 Å². The van der Waals surface area contributed by atoms with Gasteiger partial charge in [-0.15, -0.1) is 0 Å². The normalized spacial score (nSPS) is 11.0. The van der Waals surface area contributed by atoms with Gasteiger partial charge in [0.25, 0.3) is 0 Å². The number of hydrogen-bond donors (Lipinski definition) is 1. The monoisotopic (exact) mass is 311 g/mol. The molecule has 0 saturated heterocycles. The fraction of sp³-hybridized carbons (Fsp3) is 0.263. The lowest BCUT2D eigenvalue weighted by atomic mass is 9.96. The Morgan fingerprint density at radius 3 is 2.17 bits per heavy atom. The maximum Gasteiger partial charge on any atom is 0.412 e. The van der Waals surface area contributed by atoms with E-state index in [1.54, 1.807) is 26.8 Å². The molecule has 120 valence electrons. The first kappa shape index (κ1) is 16.7. The topological polar surface area (TPSA) is 55.4 Å². The molecule has 2 rings (SSSR count). The highest BCUT2D eigenvalue weighted by Gasteiger charge is 2.20. The predicted octanol–water partition coefficient (Wildman–Crippen LogP) is 4.90. The van der Waals surface area contributed by atoms with Crippen molar-refractivity contribution in [2.24, 2.45) is 0 Å². The molecule has 1 N–H and O–H groups in total. The van der Waals surface area contributed by atoms with Crippen molar-refractivity contribution in [1.82, 2.24) is 0 Å². The number of anilines is 1. The molecule has 1 amide bonds. The summed E-state index contributed by atoms with van der Waals surface area (Å²) in [6.45, 7) is 6.86. The van der Waals surface area contributed by atoms with Gasteiger partial charge in [-0.1, -0.05) is 42.5 Å². The molecule has 0 radical (unpaired) electrons. The number of rotatable bonds is 3. The van der Waals surface area contributed by atoms with Crippen LogP contribution in [0, 0.1) is 0 Å². The highest BCUT2D eigenvalue weighted by Crippen LogP contribution is 2.30. The highest BCUT2D eigenvalue weighted by atomic mass is 16.6. The lowest BCUT2D eigenvalue weighted by Crippen LogP contribution is -2.27. The van der Waals surface area contributed by atoms with Crippen LogP contribution in [0.15, 0.2) is 48.5 Å². The zero-order chi connectivity index (χ0) is 17.0. The minimum absolute atomic E-state index is 0.115. The Labute approximate surface area is 136 Å². The molecule has 0 saturated carbocycles. The predicted molar refractivity (Wildman–Crippen MR) is 91.7 cm³/mol. The van der Waals surface area contributed by atoms with E-state index in [0.717, 1.165) is 11.1 Å². The Morgan fingerprint density at radius 2 is 1.61 bits per heavy atom. The van der Waals surface area contributed by atoms with Crippen LogP contribution < -0.4 is 5.32 Å². The number of ketones is 1. The van der Waals surface area contributed by atoms with Crippen LogP contribution in [0.4, 0.5) is 10.5 Å². The van der Waals surface area contributed by atoms with Crippen molar-refractivity contribution in [3.05, 3.63) is 54.1 Å². The number of benzene rings is 2. The quantitative estimate of drug-likeness (QED) is 0.820. The molecule has 0 heterocycles. The summed E-state index contributed by atoms with van der Waals surface area (Å²) >= 11 is 0. The molecule has 0 aliphatic carbocycles. The second-order valence-electron chi connectivity index (χ2n) is 6.28. The van der Waals surface area contributed by atoms with E-state index in [4.69, 9.17) is 4.74 Å². The van der Waals surface area contributed by atoms with Crippen molar-refractivity contribution in [1.29, 1.82) is 0 Å². The first-order valence-electron chi connectivity index (χ1n) is 7.47.